The first-order valence-electron chi connectivity index (χ1n) is 11.0. The van der Waals surface area contributed by atoms with Crippen LogP contribution in [0.5, 0.6) is 5.75 Å². The molecule has 166 valence electrons. The van der Waals surface area contributed by atoms with Crippen molar-refractivity contribution < 1.29 is 23.7 Å². The van der Waals surface area contributed by atoms with Gasteiger partial charge in [-0.2, -0.15) is 0 Å². The Morgan fingerprint density at radius 1 is 1.20 bits per heavy atom. The van der Waals surface area contributed by atoms with E-state index in [1.54, 1.807) is 25.3 Å². The molecule has 4 rings (SSSR count). The van der Waals surface area contributed by atoms with Gasteiger partial charge in [0.15, 0.2) is 5.60 Å². The third-order valence-electron chi connectivity index (χ3n) is 6.67. The van der Waals surface area contributed by atoms with E-state index in [0.29, 0.717) is 18.4 Å². The van der Waals surface area contributed by atoms with Gasteiger partial charge in [-0.15, -0.1) is 0 Å². The van der Waals surface area contributed by atoms with Gasteiger partial charge in [0.25, 0.3) is 5.91 Å². The van der Waals surface area contributed by atoms with E-state index in [0.717, 1.165) is 42.5 Å². The molecule has 2 aliphatic carbocycles. The second kappa shape index (κ2) is 8.81. The maximum atomic E-state index is 13.2. The second-order valence-corrected chi connectivity index (χ2v) is 9.41. The monoisotopic (exact) mass is 418 g/mol. The summed E-state index contributed by atoms with van der Waals surface area (Å²) in [6.45, 7) is 4.61. The van der Waals surface area contributed by atoms with Crippen molar-refractivity contribution in [2.45, 2.75) is 63.7 Å². The Morgan fingerprint density at radius 2 is 1.97 bits per heavy atom. The Bertz CT molecular complexity index is 747. The summed E-state index contributed by atoms with van der Waals surface area (Å²) < 4.78 is 22.7. The van der Waals surface area contributed by atoms with E-state index in [2.05, 4.69) is 18.8 Å². The van der Waals surface area contributed by atoms with E-state index >= 15 is 0 Å². The van der Waals surface area contributed by atoms with Gasteiger partial charge in [0.1, 0.15) is 19.3 Å². The van der Waals surface area contributed by atoms with Gasteiger partial charge in [-0.1, -0.05) is 13.8 Å². The van der Waals surface area contributed by atoms with Crippen molar-refractivity contribution in [3.05, 3.63) is 24.0 Å². The number of rotatable bonds is 11. The lowest BCUT2D eigenvalue weighted by atomic mass is 9.75. The lowest BCUT2D eigenvalue weighted by Gasteiger charge is -2.55. The highest BCUT2D eigenvalue weighted by Gasteiger charge is 2.62. The van der Waals surface area contributed by atoms with Crippen LogP contribution in [0.1, 0.15) is 45.2 Å². The number of pyridine rings is 1. The summed E-state index contributed by atoms with van der Waals surface area (Å²) >= 11 is 0. The van der Waals surface area contributed by atoms with Crippen molar-refractivity contribution in [2.75, 3.05) is 27.7 Å². The zero-order valence-corrected chi connectivity index (χ0v) is 18.5. The van der Waals surface area contributed by atoms with E-state index in [-0.39, 0.29) is 25.5 Å². The Labute approximate surface area is 179 Å². The summed E-state index contributed by atoms with van der Waals surface area (Å²) in [6, 6.07) is 3.77. The Morgan fingerprint density at radius 3 is 2.63 bits per heavy atom. The number of fused-ring (bicyclic) bond motifs is 1. The number of β-lactam (4-membered cyclic amide) rings is 1. The molecule has 0 aromatic carbocycles. The minimum absolute atomic E-state index is 0.0577. The molecule has 4 unspecified atom stereocenters. The number of carbonyl (C=O) groups is 1. The largest absolute Gasteiger partial charge is 0.490 e. The van der Waals surface area contributed by atoms with Gasteiger partial charge in [0.2, 0.25) is 0 Å². The SMILES string of the molecule is COCOC1(Cc2cc(OC3CC4CC4C3)ccn2)C(=O)N(COC)C1CC(C)C. The standard InChI is InChI=1S/C23H34N2O5/c1-15(2)7-21-23(29-14-28-4,22(26)25(21)13-27-3)12-18-11-19(5-6-24-18)30-20-9-16-8-17(16)10-20/h5-6,11,15-17,20-21H,7-10,12-14H2,1-4H3. The van der Waals surface area contributed by atoms with Gasteiger partial charge in [-0.3, -0.25) is 9.78 Å². The lowest BCUT2D eigenvalue weighted by Crippen LogP contribution is -2.76. The number of amides is 1. The topological polar surface area (TPSA) is 70.1 Å². The summed E-state index contributed by atoms with van der Waals surface area (Å²) in [5.41, 5.74) is -0.190. The average molecular weight is 419 g/mol. The highest BCUT2D eigenvalue weighted by Crippen LogP contribution is 2.52. The molecule has 3 aliphatic rings. The van der Waals surface area contributed by atoms with Crippen LogP contribution < -0.4 is 4.74 Å². The van der Waals surface area contributed by atoms with E-state index in [9.17, 15) is 4.79 Å². The van der Waals surface area contributed by atoms with Crippen molar-refractivity contribution in [1.82, 2.24) is 9.88 Å². The quantitative estimate of drug-likeness (QED) is 0.406. The molecule has 0 N–H and O–H groups in total. The number of aromatic nitrogens is 1. The number of carbonyl (C=O) groups excluding carboxylic acids is 1. The van der Waals surface area contributed by atoms with Crippen LogP contribution in [0, 0.1) is 17.8 Å². The first kappa shape index (κ1) is 21.5. The lowest BCUT2D eigenvalue weighted by molar-refractivity contribution is -0.235. The fraction of sp³-hybridized carbons (Fsp3) is 0.739. The van der Waals surface area contributed by atoms with Crippen molar-refractivity contribution in [3.63, 3.8) is 0 Å². The maximum Gasteiger partial charge on any atom is 0.259 e. The molecule has 0 radical (unpaired) electrons. The molecule has 1 saturated heterocycles. The number of hydrogen-bond donors (Lipinski definition) is 0. The molecule has 0 spiro atoms. The molecule has 30 heavy (non-hydrogen) atoms. The Balaban J connectivity index is 1.51. The van der Waals surface area contributed by atoms with Gasteiger partial charge in [0.05, 0.1) is 12.1 Å². The van der Waals surface area contributed by atoms with Crippen LogP contribution >= 0.6 is 0 Å². The highest BCUT2D eigenvalue weighted by molar-refractivity contribution is 5.93. The molecule has 7 nitrogen and oxygen atoms in total. The van der Waals surface area contributed by atoms with E-state index in [1.165, 1.54) is 6.42 Å². The smallest absolute Gasteiger partial charge is 0.259 e. The van der Waals surface area contributed by atoms with Crippen LogP contribution in [-0.4, -0.2) is 61.3 Å². The van der Waals surface area contributed by atoms with Gasteiger partial charge >= 0.3 is 0 Å². The average Bonchev–Trinajstić information content (AvgIpc) is 3.34. The van der Waals surface area contributed by atoms with Crippen LogP contribution in [0.2, 0.25) is 0 Å². The van der Waals surface area contributed by atoms with Gasteiger partial charge in [-0.25, -0.2) is 0 Å². The predicted octanol–water partition coefficient (Wildman–Crippen LogP) is 3.02. The second-order valence-electron chi connectivity index (χ2n) is 9.41. The first-order valence-corrected chi connectivity index (χ1v) is 11.0. The molecule has 4 atom stereocenters. The normalized spacial score (nSPS) is 32.3. The molecular formula is C23H34N2O5. The minimum Gasteiger partial charge on any atom is -0.490 e. The number of methoxy groups -OCH3 is 2. The minimum atomic E-state index is -0.987. The Hall–Kier alpha value is -1.70. The van der Waals surface area contributed by atoms with Crippen LogP contribution in [0.25, 0.3) is 0 Å². The molecule has 1 aromatic heterocycles. The maximum absolute atomic E-state index is 13.2. The fourth-order valence-corrected chi connectivity index (χ4v) is 5.17. The summed E-state index contributed by atoms with van der Waals surface area (Å²) in [5, 5.41) is 0. The van der Waals surface area contributed by atoms with Crippen molar-refractivity contribution in [2.24, 2.45) is 17.8 Å². The van der Waals surface area contributed by atoms with Gasteiger partial charge in [0, 0.05) is 38.6 Å². The zero-order chi connectivity index (χ0) is 21.3. The molecule has 7 heteroatoms. The van der Waals surface area contributed by atoms with Gasteiger partial charge < -0.3 is 23.8 Å². The number of nitrogens with zero attached hydrogens (tertiary/aromatic N) is 2. The molecule has 2 saturated carbocycles. The highest BCUT2D eigenvalue weighted by atomic mass is 16.7. The van der Waals surface area contributed by atoms with Crippen molar-refractivity contribution in [3.8, 4) is 5.75 Å². The van der Waals surface area contributed by atoms with Crippen LogP contribution in [0.4, 0.5) is 0 Å². The summed E-state index contributed by atoms with van der Waals surface area (Å²) in [6.07, 6.45) is 6.96. The van der Waals surface area contributed by atoms with Crippen molar-refractivity contribution in [1.29, 1.82) is 0 Å². The Kier molecular flexibility index (Phi) is 6.32. The number of likely N-dealkylation sites (tertiary alicyclic amines) is 1. The van der Waals surface area contributed by atoms with Crippen molar-refractivity contribution >= 4 is 5.91 Å². The number of hydrogen-bond acceptors (Lipinski definition) is 6. The zero-order valence-electron chi connectivity index (χ0n) is 18.5. The molecule has 1 amide bonds. The summed E-state index contributed by atoms with van der Waals surface area (Å²) in [7, 11) is 3.17. The van der Waals surface area contributed by atoms with Crippen LogP contribution in [0.15, 0.2) is 18.3 Å². The third kappa shape index (κ3) is 4.20. The molecule has 1 aliphatic heterocycles. The van der Waals surface area contributed by atoms with Gasteiger partial charge in [-0.05, 0) is 49.5 Å². The molecule has 0 bridgehead atoms. The van der Waals surface area contributed by atoms with E-state index < -0.39 is 5.60 Å². The van der Waals surface area contributed by atoms with E-state index in [1.807, 2.05) is 12.1 Å². The van der Waals surface area contributed by atoms with Crippen LogP contribution in [0.3, 0.4) is 0 Å². The number of ether oxygens (including phenoxy) is 4. The fourth-order valence-electron chi connectivity index (χ4n) is 5.17. The molecular weight excluding hydrogens is 384 g/mol. The predicted molar refractivity (Wildman–Crippen MR) is 111 cm³/mol. The van der Waals surface area contributed by atoms with E-state index in [4.69, 9.17) is 18.9 Å². The van der Waals surface area contributed by atoms with Crippen LogP contribution in [-0.2, 0) is 25.4 Å². The summed E-state index contributed by atoms with van der Waals surface area (Å²) in [5.74, 6) is 2.91. The molecule has 2 heterocycles. The first-order chi connectivity index (χ1) is 14.5. The molecule has 1 aromatic rings. The summed E-state index contributed by atoms with van der Waals surface area (Å²) in [4.78, 5) is 19.5. The molecule has 3 fully saturated rings. The third-order valence-corrected chi connectivity index (χ3v) is 6.67.